The summed E-state index contributed by atoms with van der Waals surface area (Å²) in [6, 6.07) is 0.234. The van der Waals surface area contributed by atoms with E-state index in [9.17, 15) is 4.79 Å². The molecule has 7 heteroatoms. The van der Waals surface area contributed by atoms with Gasteiger partial charge in [-0.05, 0) is 32.6 Å². The molecule has 0 aliphatic heterocycles. The second-order valence-corrected chi connectivity index (χ2v) is 5.20. The Morgan fingerprint density at radius 1 is 1.35 bits per heavy atom. The van der Waals surface area contributed by atoms with E-state index in [1.54, 1.807) is 0 Å². The number of nitrogens with one attached hydrogen (secondary N) is 1. The number of anilines is 1. The lowest BCUT2D eigenvalue weighted by Crippen LogP contribution is -2.29. The van der Waals surface area contributed by atoms with Crippen molar-refractivity contribution in [3.05, 3.63) is 12.0 Å². The van der Waals surface area contributed by atoms with Crippen LogP contribution >= 0.6 is 0 Å². The predicted molar refractivity (Wildman–Crippen MR) is 71.3 cm³/mol. The fourth-order valence-corrected chi connectivity index (χ4v) is 2.71. The Labute approximate surface area is 115 Å². The van der Waals surface area contributed by atoms with Gasteiger partial charge in [-0.3, -0.25) is 4.79 Å². The fraction of sp³-hybridized carbons (Fsp3) is 0.538. The van der Waals surface area contributed by atoms with Crippen molar-refractivity contribution >= 4 is 22.9 Å². The summed E-state index contributed by atoms with van der Waals surface area (Å²) in [4.78, 5) is 19.2. The van der Waals surface area contributed by atoms with Crippen molar-refractivity contribution in [3.63, 3.8) is 0 Å². The third kappa shape index (κ3) is 2.31. The Morgan fingerprint density at radius 3 is 2.80 bits per heavy atom. The molecular formula is C13H16N4O3. The molecule has 2 aromatic heterocycles. The second kappa shape index (κ2) is 5.07. The van der Waals surface area contributed by atoms with Crippen LogP contribution in [0.2, 0.25) is 0 Å². The average Bonchev–Trinajstić information content (AvgIpc) is 2.82. The van der Waals surface area contributed by atoms with Gasteiger partial charge in [-0.2, -0.15) is 4.98 Å². The number of fused-ring (bicyclic) bond motifs is 1. The number of aromatic nitrogens is 3. The Bertz CT molecular complexity index is 632. The standard InChI is InChI=1S/C13H16N4O3/c1-7-10-11(14-6-15-12(10)20-17-7)16-9-4-2-8(3-5-9)13(18)19/h6,8-9H,2-5H2,1H3,(H,18,19)(H,14,15,16). The molecule has 3 rings (SSSR count). The summed E-state index contributed by atoms with van der Waals surface area (Å²) >= 11 is 0. The molecule has 20 heavy (non-hydrogen) atoms. The fourth-order valence-electron chi connectivity index (χ4n) is 2.71. The molecule has 0 spiro atoms. The van der Waals surface area contributed by atoms with Crippen LogP contribution in [0.5, 0.6) is 0 Å². The highest BCUT2D eigenvalue weighted by molar-refractivity contribution is 5.87. The van der Waals surface area contributed by atoms with Crippen LogP contribution in [0.4, 0.5) is 5.82 Å². The van der Waals surface area contributed by atoms with E-state index in [1.165, 1.54) is 6.33 Å². The van der Waals surface area contributed by atoms with Crippen LogP contribution in [0, 0.1) is 12.8 Å². The Morgan fingerprint density at radius 2 is 2.10 bits per heavy atom. The van der Waals surface area contributed by atoms with Crippen molar-refractivity contribution in [2.45, 2.75) is 38.6 Å². The maximum Gasteiger partial charge on any atom is 0.306 e. The summed E-state index contributed by atoms with van der Waals surface area (Å²) in [5.74, 6) is -0.189. The molecule has 0 unspecified atom stereocenters. The number of aliphatic carboxylic acids is 1. The molecular weight excluding hydrogens is 260 g/mol. The summed E-state index contributed by atoms with van der Waals surface area (Å²) in [6.07, 6.45) is 4.49. The lowest BCUT2D eigenvalue weighted by molar-refractivity contribution is -0.142. The van der Waals surface area contributed by atoms with E-state index in [1.807, 2.05) is 6.92 Å². The zero-order valence-corrected chi connectivity index (χ0v) is 11.2. The zero-order valence-electron chi connectivity index (χ0n) is 11.2. The molecule has 1 saturated carbocycles. The van der Waals surface area contributed by atoms with Crippen molar-refractivity contribution in [1.82, 2.24) is 15.1 Å². The zero-order chi connectivity index (χ0) is 14.1. The van der Waals surface area contributed by atoms with Gasteiger partial charge in [0.2, 0.25) is 0 Å². The number of hydrogen-bond donors (Lipinski definition) is 2. The van der Waals surface area contributed by atoms with Crippen molar-refractivity contribution in [2.24, 2.45) is 5.92 Å². The molecule has 106 valence electrons. The van der Waals surface area contributed by atoms with E-state index >= 15 is 0 Å². The monoisotopic (exact) mass is 276 g/mol. The summed E-state index contributed by atoms with van der Waals surface area (Å²) in [7, 11) is 0. The smallest absolute Gasteiger partial charge is 0.306 e. The van der Waals surface area contributed by atoms with Crippen LogP contribution in [-0.4, -0.2) is 32.2 Å². The largest absolute Gasteiger partial charge is 0.481 e. The maximum absolute atomic E-state index is 10.9. The van der Waals surface area contributed by atoms with E-state index < -0.39 is 5.97 Å². The van der Waals surface area contributed by atoms with Crippen molar-refractivity contribution < 1.29 is 14.4 Å². The highest BCUT2D eigenvalue weighted by Crippen LogP contribution is 2.29. The molecule has 1 fully saturated rings. The SMILES string of the molecule is Cc1noc2ncnc(NC3CCC(C(=O)O)CC3)c12. The quantitative estimate of drug-likeness (QED) is 0.883. The van der Waals surface area contributed by atoms with Crippen LogP contribution in [0.1, 0.15) is 31.4 Å². The van der Waals surface area contributed by atoms with Gasteiger partial charge in [-0.1, -0.05) is 5.16 Å². The average molecular weight is 276 g/mol. The van der Waals surface area contributed by atoms with Crippen LogP contribution in [0.3, 0.4) is 0 Å². The van der Waals surface area contributed by atoms with Gasteiger partial charge < -0.3 is 14.9 Å². The summed E-state index contributed by atoms with van der Waals surface area (Å²) < 4.78 is 5.11. The third-order valence-electron chi connectivity index (χ3n) is 3.86. The first-order chi connectivity index (χ1) is 9.65. The second-order valence-electron chi connectivity index (χ2n) is 5.20. The molecule has 0 amide bonds. The predicted octanol–water partition coefficient (Wildman–Crippen LogP) is 1.98. The van der Waals surface area contributed by atoms with Crippen molar-refractivity contribution in [1.29, 1.82) is 0 Å². The number of carbonyl (C=O) groups is 1. The highest BCUT2D eigenvalue weighted by Gasteiger charge is 2.26. The topological polar surface area (TPSA) is 101 Å². The first-order valence-corrected chi connectivity index (χ1v) is 6.71. The number of hydrogen-bond acceptors (Lipinski definition) is 6. The van der Waals surface area contributed by atoms with Gasteiger partial charge in [0.25, 0.3) is 5.71 Å². The van der Waals surface area contributed by atoms with Gasteiger partial charge in [0.1, 0.15) is 17.5 Å². The van der Waals surface area contributed by atoms with E-state index in [0.29, 0.717) is 24.4 Å². The molecule has 1 aliphatic carbocycles. The number of carboxylic acids is 1. The highest BCUT2D eigenvalue weighted by atomic mass is 16.5. The molecule has 0 bridgehead atoms. The molecule has 2 aromatic rings. The van der Waals surface area contributed by atoms with Crippen LogP contribution in [0.15, 0.2) is 10.9 Å². The Balaban J connectivity index is 1.74. The first kappa shape index (κ1) is 12.8. The van der Waals surface area contributed by atoms with Gasteiger partial charge in [0.15, 0.2) is 0 Å². The minimum absolute atomic E-state index is 0.212. The van der Waals surface area contributed by atoms with Gasteiger partial charge in [0, 0.05) is 6.04 Å². The number of carboxylic acid groups (broad SMARTS) is 1. The van der Waals surface area contributed by atoms with E-state index in [2.05, 4.69) is 20.4 Å². The molecule has 1 aliphatic rings. The van der Waals surface area contributed by atoms with E-state index in [0.717, 1.165) is 23.9 Å². The number of nitrogens with zero attached hydrogens (tertiary/aromatic N) is 3. The van der Waals surface area contributed by atoms with E-state index in [4.69, 9.17) is 9.63 Å². The number of aryl methyl sites for hydroxylation is 1. The van der Waals surface area contributed by atoms with Crippen molar-refractivity contribution in [3.8, 4) is 0 Å². The van der Waals surface area contributed by atoms with Crippen LogP contribution in [0.25, 0.3) is 11.1 Å². The molecule has 0 radical (unpaired) electrons. The lowest BCUT2D eigenvalue weighted by Gasteiger charge is -2.27. The van der Waals surface area contributed by atoms with Gasteiger partial charge in [-0.25, -0.2) is 4.98 Å². The summed E-state index contributed by atoms with van der Waals surface area (Å²) in [6.45, 7) is 1.85. The third-order valence-corrected chi connectivity index (χ3v) is 3.86. The summed E-state index contributed by atoms with van der Waals surface area (Å²) in [5, 5.41) is 17.1. The summed E-state index contributed by atoms with van der Waals surface area (Å²) in [5.41, 5.74) is 1.22. The minimum atomic E-state index is -0.692. The normalized spacial score (nSPS) is 22.9. The molecule has 2 N–H and O–H groups in total. The molecule has 0 atom stereocenters. The Hall–Kier alpha value is -2.18. The van der Waals surface area contributed by atoms with Crippen molar-refractivity contribution in [2.75, 3.05) is 5.32 Å². The maximum atomic E-state index is 10.9. The van der Waals surface area contributed by atoms with Gasteiger partial charge in [0.05, 0.1) is 11.6 Å². The molecule has 0 saturated heterocycles. The minimum Gasteiger partial charge on any atom is -0.481 e. The van der Waals surface area contributed by atoms with Crippen LogP contribution in [-0.2, 0) is 4.79 Å². The van der Waals surface area contributed by atoms with Gasteiger partial charge in [-0.15, -0.1) is 0 Å². The first-order valence-electron chi connectivity index (χ1n) is 6.71. The lowest BCUT2D eigenvalue weighted by atomic mass is 9.86. The molecule has 7 nitrogen and oxygen atoms in total. The number of rotatable bonds is 3. The van der Waals surface area contributed by atoms with Crippen LogP contribution < -0.4 is 5.32 Å². The Kier molecular flexibility index (Phi) is 3.25. The van der Waals surface area contributed by atoms with E-state index in [-0.39, 0.29) is 12.0 Å². The van der Waals surface area contributed by atoms with Gasteiger partial charge >= 0.3 is 5.97 Å². The molecule has 0 aromatic carbocycles. The molecule has 2 heterocycles.